The molecular weight excluding hydrogens is 286 g/mol. The monoisotopic (exact) mass is 301 g/mol. The second-order valence-corrected chi connectivity index (χ2v) is 6.95. The van der Waals surface area contributed by atoms with Gasteiger partial charge in [0.05, 0.1) is 21.6 Å². The van der Waals surface area contributed by atoms with Gasteiger partial charge in [-0.3, -0.25) is 4.68 Å². The molecule has 3 nitrogen and oxygen atoms in total. The topological polar surface area (TPSA) is 30.7 Å². The average Bonchev–Trinajstić information content (AvgIpc) is 3.08. The number of hydrogen-bond acceptors (Lipinski definition) is 4. The van der Waals surface area contributed by atoms with Crippen LogP contribution in [-0.2, 0) is 13.5 Å². The van der Waals surface area contributed by atoms with Gasteiger partial charge < -0.3 is 0 Å². The zero-order valence-corrected chi connectivity index (χ0v) is 13.0. The fourth-order valence-electron chi connectivity index (χ4n) is 1.93. The van der Waals surface area contributed by atoms with Gasteiger partial charge in [-0.15, -0.1) is 11.3 Å². The molecule has 0 N–H and O–H groups in total. The van der Waals surface area contributed by atoms with E-state index in [1.165, 1.54) is 19.7 Å². The first-order valence-electron chi connectivity index (χ1n) is 6.46. The molecule has 0 aliphatic heterocycles. The fourth-order valence-corrected chi connectivity index (χ4v) is 3.93. The van der Waals surface area contributed by atoms with Crippen LogP contribution in [0.25, 0.3) is 11.1 Å². The molecule has 20 heavy (non-hydrogen) atoms. The van der Waals surface area contributed by atoms with Crippen LogP contribution in [0.5, 0.6) is 0 Å². The quantitative estimate of drug-likeness (QED) is 0.721. The molecule has 0 bridgehead atoms. The summed E-state index contributed by atoms with van der Waals surface area (Å²) in [5, 5.41) is 5.41. The van der Waals surface area contributed by atoms with Gasteiger partial charge in [-0.1, -0.05) is 30.8 Å². The van der Waals surface area contributed by atoms with Gasteiger partial charge in [0.15, 0.2) is 0 Å². The second kappa shape index (κ2) is 5.81. The maximum Gasteiger partial charge on any atom is 0.0934 e. The minimum atomic E-state index is 1.00. The molecule has 0 unspecified atom stereocenters. The van der Waals surface area contributed by atoms with E-state index in [-0.39, 0.29) is 0 Å². The highest BCUT2D eigenvalue weighted by Gasteiger charge is 2.05. The van der Waals surface area contributed by atoms with Crippen molar-refractivity contribution < 1.29 is 0 Å². The molecule has 0 spiro atoms. The van der Waals surface area contributed by atoms with Gasteiger partial charge in [0.2, 0.25) is 0 Å². The van der Waals surface area contributed by atoms with Gasteiger partial charge in [0.25, 0.3) is 0 Å². The largest absolute Gasteiger partial charge is 0.275 e. The minimum Gasteiger partial charge on any atom is -0.275 e. The van der Waals surface area contributed by atoms with Crippen LogP contribution in [0.3, 0.4) is 0 Å². The highest BCUT2D eigenvalue weighted by Crippen LogP contribution is 2.34. The lowest BCUT2D eigenvalue weighted by Gasteiger charge is -2.01. The van der Waals surface area contributed by atoms with Crippen molar-refractivity contribution in [3.05, 3.63) is 47.9 Å². The summed E-state index contributed by atoms with van der Waals surface area (Å²) in [5.41, 5.74) is 2.34. The van der Waals surface area contributed by atoms with Crippen LogP contribution in [0.1, 0.15) is 11.9 Å². The lowest BCUT2D eigenvalue weighted by molar-refractivity contribution is 0.768. The van der Waals surface area contributed by atoms with Gasteiger partial charge >= 0.3 is 0 Å². The molecule has 3 aromatic rings. The second-order valence-electron chi connectivity index (χ2n) is 4.46. The molecular formula is C15H15N3S2. The first kappa shape index (κ1) is 13.4. The van der Waals surface area contributed by atoms with E-state index in [2.05, 4.69) is 41.3 Å². The Hall–Kier alpha value is -1.59. The SMILES string of the molecule is CCc1ncc(Sc2cccc(-c3cnn(C)c3)c2)s1. The predicted molar refractivity (Wildman–Crippen MR) is 84.3 cm³/mol. The first-order valence-corrected chi connectivity index (χ1v) is 8.09. The molecule has 0 fully saturated rings. The first-order chi connectivity index (χ1) is 9.74. The summed E-state index contributed by atoms with van der Waals surface area (Å²) in [5.74, 6) is 0. The lowest BCUT2D eigenvalue weighted by atomic mass is 10.1. The molecule has 0 saturated heterocycles. The number of aryl methyl sites for hydroxylation is 2. The summed E-state index contributed by atoms with van der Waals surface area (Å²) in [7, 11) is 1.94. The van der Waals surface area contributed by atoms with E-state index < -0.39 is 0 Å². The van der Waals surface area contributed by atoms with Crippen molar-refractivity contribution in [1.29, 1.82) is 0 Å². The Balaban J connectivity index is 1.84. The van der Waals surface area contributed by atoms with Crippen LogP contribution in [-0.4, -0.2) is 14.8 Å². The Labute approximate surface area is 126 Å². The van der Waals surface area contributed by atoms with E-state index in [0.29, 0.717) is 0 Å². The minimum absolute atomic E-state index is 1.00. The van der Waals surface area contributed by atoms with Crippen molar-refractivity contribution in [3.63, 3.8) is 0 Å². The number of rotatable bonds is 4. The molecule has 5 heteroatoms. The molecule has 2 aromatic heterocycles. The van der Waals surface area contributed by atoms with Crippen molar-refractivity contribution in [2.24, 2.45) is 7.05 Å². The van der Waals surface area contributed by atoms with Crippen molar-refractivity contribution in [3.8, 4) is 11.1 Å². The summed E-state index contributed by atoms with van der Waals surface area (Å²) in [6, 6.07) is 8.54. The van der Waals surface area contributed by atoms with Gasteiger partial charge in [-0.05, 0) is 24.1 Å². The normalized spacial score (nSPS) is 10.9. The third kappa shape index (κ3) is 2.94. The zero-order chi connectivity index (χ0) is 13.9. The maximum atomic E-state index is 4.40. The van der Waals surface area contributed by atoms with Crippen molar-refractivity contribution >= 4 is 23.1 Å². The predicted octanol–water partition coefficient (Wildman–Crippen LogP) is 4.26. The van der Waals surface area contributed by atoms with Gasteiger partial charge in [0.1, 0.15) is 0 Å². The summed E-state index contributed by atoms with van der Waals surface area (Å²) < 4.78 is 3.07. The van der Waals surface area contributed by atoms with Crippen LogP contribution >= 0.6 is 23.1 Å². The highest BCUT2D eigenvalue weighted by molar-refractivity contribution is 8.01. The summed E-state index contributed by atoms with van der Waals surface area (Å²) >= 11 is 3.54. The van der Waals surface area contributed by atoms with E-state index in [1.807, 2.05) is 30.3 Å². The van der Waals surface area contributed by atoms with Crippen molar-refractivity contribution in [2.75, 3.05) is 0 Å². The van der Waals surface area contributed by atoms with Crippen LogP contribution in [0.15, 0.2) is 52.0 Å². The van der Waals surface area contributed by atoms with Crippen molar-refractivity contribution in [2.45, 2.75) is 22.4 Å². The maximum absolute atomic E-state index is 4.40. The van der Waals surface area contributed by atoms with Crippen LogP contribution < -0.4 is 0 Å². The van der Waals surface area contributed by atoms with Crippen LogP contribution in [0, 0.1) is 0 Å². The van der Waals surface area contributed by atoms with Crippen LogP contribution in [0.2, 0.25) is 0 Å². The van der Waals surface area contributed by atoms with Crippen LogP contribution in [0.4, 0.5) is 0 Å². The highest BCUT2D eigenvalue weighted by atomic mass is 32.2. The van der Waals surface area contributed by atoms with Gasteiger partial charge in [0, 0.05) is 23.7 Å². The molecule has 0 atom stereocenters. The van der Waals surface area contributed by atoms with E-state index in [0.717, 1.165) is 12.0 Å². The Morgan fingerprint density at radius 1 is 1.25 bits per heavy atom. The summed E-state index contributed by atoms with van der Waals surface area (Å²) in [4.78, 5) is 5.63. The fraction of sp³-hybridized carbons (Fsp3) is 0.200. The van der Waals surface area contributed by atoms with E-state index >= 15 is 0 Å². The number of thiazole rings is 1. The Morgan fingerprint density at radius 3 is 2.85 bits per heavy atom. The molecule has 0 radical (unpaired) electrons. The number of nitrogens with zero attached hydrogens (tertiary/aromatic N) is 3. The third-order valence-electron chi connectivity index (χ3n) is 2.93. The number of aromatic nitrogens is 3. The van der Waals surface area contributed by atoms with E-state index in [4.69, 9.17) is 0 Å². The Kier molecular flexibility index (Phi) is 3.89. The van der Waals surface area contributed by atoms with E-state index in [1.54, 1.807) is 23.1 Å². The molecule has 0 saturated carbocycles. The lowest BCUT2D eigenvalue weighted by Crippen LogP contribution is -1.84. The van der Waals surface area contributed by atoms with Crippen molar-refractivity contribution in [1.82, 2.24) is 14.8 Å². The average molecular weight is 301 g/mol. The zero-order valence-electron chi connectivity index (χ0n) is 11.4. The smallest absolute Gasteiger partial charge is 0.0934 e. The van der Waals surface area contributed by atoms with Gasteiger partial charge in [-0.2, -0.15) is 5.10 Å². The third-order valence-corrected chi connectivity index (χ3v) is 5.16. The molecule has 0 aliphatic rings. The molecule has 3 rings (SSSR count). The number of hydrogen-bond donors (Lipinski definition) is 0. The summed E-state index contributed by atoms with van der Waals surface area (Å²) in [6.45, 7) is 2.14. The van der Waals surface area contributed by atoms with E-state index in [9.17, 15) is 0 Å². The summed E-state index contributed by atoms with van der Waals surface area (Å²) in [6.07, 6.45) is 6.89. The standard InChI is InChI=1S/C15H15N3S2/c1-3-14-16-9-15(20-14)19-13-6-4-5-11(7-13)12-8-17-18(2)10-12/h4-10H,3H2,1-2H3. The Morgan fingerprint density at radius 2 is 2.15 bits per heavy atom. The van der Waals surface area contributed by atoms with Gasteiger partial charge in [-0.25, -0.2) is 4.98 Å². The molecule has 1 aromatic carbocycles. The number of benzene rings is 1. The Bertz CT molecular complexity index is 715. The molecule has 102 valence electrons. The molecule has 2 heterocycles. The molecule has 0 aliphatic carbocycles. The molecule has 0 amide bonds.